The molecule has 1 aromatic carbocycles. The van der Waals surface area contributed by atoms with E-state index in [2.05, 4.69) is 15.3 Å². The second-order valence-corrected chi connectivity index (χ2v) is 7.74. The molecule has 1 atom stereocenters. The van der Waals surface area contributed by atoms with Crippen molar-refractivity contribution in [3.8, 4) is 11.5 Å². The van der Waals surface area contributed by atoms with Gasteiger partial charge in [0, 0.05) is 36.8 Å². The number of nitrogens with zero attached hydrogens (tertiary/aromatic N) is 3. The van der Waals surface area contributed by atoms with Gasteiger partial charge in [0.25, 0.3) is 5.91 Å². The number of rotatable bonds is 7. The minimum Gasteiger partial charge on any atom is -0.493 e. The number of fused-ring (bicyclic) bond motifs is 2. The number of hydrogen-bond donors (Lipinski definition) is 1. The molecule has 4 rings (SSSR count). The summed E-state index contributed by atoms with van der Waals surface area (Å²) in [6.07, 6.45) is 6.27. The van der Waals surface area contributed by atoms with Gasteiger partial charge in [0.05, 0.1) is 31.0 Å². The van der Waals surface area contributed by atoms with Crippen LogP contribution in [0.2, 0.25) is 0 Å². The van der Waals surface area contributed by atoms with Crippen LogP contribution < -0.4 is 14.8 Å². The molecule has 0 bridgehead atoms. The van der Waals surface area contributed by atoms with E-state index >= 15 is 0 Å². The Balaban J connectivity index is 1.40. The summed E-state index contributed by atoms with van der Waals surface area (Å²) >= 11 is 1.38. The topological polar surface area (TPSA) is 93.1 Å². The molecule has 152 valence electrons. The van der Waals surface area contributed by atoms with E-state index in [0.29, 0.717) is 47.3 Å². The first kappa shape index (κ1) is 19.4. The molecule has 0 unspecified atom stereocenters. The fourth-order valence-electron chi connectivity index (χ4n) is 3.50. The van der Waals surface area contributed by atoms with E-state index in [-0.39, 0.29) is 17.9 Å². The molecule has 0 spiro atoms. The van der Waals surface area contributed by atoms with Crippen molar-refractivity contribution in [1.29, 1.82) is 0 Å². The maximum absolute atomic E-state index is 12.9. The standard InChI is InChI=1S/C20H22N4O4S/c1-27-16-10-14-15(22-12-13-4-2-7-24(13)19(14)26)11-17(16)28-8-3-5-18(25)23-20-21-6-9-29-20/h6,9-13H,2-5,7-8H2,1H3,(H,21,23,25)/t13-/m0/s1. The first-order chi connectivity index (χ1) is 14.2. The number of nitrogens with one attached hydrogen (secondary N) is 1. The fourth-order valence-corrected chi connectivity index (χ4v) is 4.05. The number of ether oxygens (including phenoxy) is 2. The maximum atomic E-state index is 12.9. The molecule has 2 aromatic rings. The fraction of sp³-hybridized carbons (Fsp3) is 0.400. The molecule has 1 saturated heterocycles. The SMILES string of the molecule is COc1cc2c(cc1OCCCC(=O)Nc1nccs1)N=C[C@@H]1CCCN1C2=O. The van der Waals surface area contributed by atoms with Crippen LogP contribution in [-0.4, -0.2) is 54.2 Å². The van der Waals surface area contributed by atoms with E-state index in [4.69, 9.17) is 9.47 Å². The lowest BCUT2D eigenvalue weighted by Gasteiger charge is -2.20. The van der Waals surface area contributed by atoms with Gasteiger partial charge in [0.15, 0.2) is 16.6 Å². The molecule has 9 heteroatoms. The molecule has 2 amide bonds. The van der Waals surface area contributed by atoms with E-state index in [1.165, 1.54) is 11.3 Å². The van der Waals surface area contributed by atoms with E-state index in [1.807, 2.05) is 11.1 Å². The van der Waals surface area contributed by atoms with Gasteiger partial charge in [0.2, 0.25) is 5.91 Å². The average molecular weight is 414 g/mol. The predicted molar refractivity (Wildman–Crippen MR) is 111 cm³/mol. The minimum atomic E-state index is -0.103. The molecule has 1 fully saturated rings. The Kier molecular flexibility index (Phi) is 5.75. The normalized spacial score (nSPS) is 17.5. The Hall–Kier alpha value is -2.94. The van der Waals surface area contributed by atoms with Gasteiger partial charge in [-0.1, -0.05) is 0 Å². The van der Waals surface area contributed by atoms with Crippen LogP contribution in [0.25, 0.3) is 0 Å². The molecular weight excluding hydrogens is 392 g/mol. The van der Waals surface area contributed by atoms with Gasteiger partial charge in [-0.15, -0.1) is 11.3 Å². The average Bonchev–Trinajstić information content (AvgIpc) is 3.38. The lowest BCUT2D eigenvalue weighted by Crippen LogP contribution is -2.35. The summed E-state index contributed by atoms with van der Waals surface area (Å²) in [7, 11) is 1.54. The minimum absolute atomic E-state index is 0.0243. The van der Waals surface area contributed by atoms with Crippen molar-refractivity contribution in [2.75, 3.05) is 25.6 Å². The Morgan fingerprint density at radius 1 is 1.38 bits per heavy atom. The van der Waals surface area contributed by atoms with Crippen LogP contribution >= 0.6 is 11.3 Å². The number of carbonyl (C=O) groups excluding carboxylic acids is 2. The van der Waals surface area contributed by atoms with Crippen LogP contribution in [0.4, 0.5) is 10.8 Å². The number of anilines is 1. The summed E-state index contributed by atoms with van der Waals surface area (Å²) in [5.74, 6) is 0.868. The molecule has 29 heavy (non-hydrogen) atoms. The van der Waals surface area contributed by atoms with Crippen molar-refractivity contribution < 1.29 is 19.1 Å². The number of methoxy groups -OCH3 is 1. The number of benzene rings is 1. The van der Waals surface area contributed by atoms with Crippen LogP contribution in [-0.2, 0) is 4.79 Å². The quantitative estimate of drug-likeness (QED) is 0.702. The number of thiazole rings is 1. The summed E-state index contributed by atoms with van der Waals surface area (Å²) in [6, 6.07) is 3.49. The summed E-state index contributed by atoms with van der Waals surface area (Å²) in [4.78, 5) is 35.2. The molecule has 0 saturated carbocycles. The molecule has 1 N–H and O–H groups in total. The second-order valence-electron chi connectivity index (χ2n) is 6.84. The van der Waals surface area contributed by atoms with E-state index in [0.717, 1.165) is 19.4 Å². The van der Waals surface area contributed by atoms with Gasteiger partial charge in [-0.05, 0) is 25.3 Å². The van der Waals surface area contributed by atoms with E-state index < -0.39 is 0 Å². The highest BCUT2D eigenvalue weighted by Gasteiger charge is 2.32. The zero-order valence-corrected chi connectivity index (χ0v) is 16.9. The Morgan fingerprint density at radius 3 is 3.07 bits per heavy atom. The first-order valence-electron chi connectivity index (χ1n) is 9.55. The highest BCUT2D eigenvalue weighted by atomic mass is 32.1. The predicted octanol–water partition coefficient (Wildman–Crippen LogP) is 3.27. The number of carbonyl (C=O) groups is 2. The van der Waals surface area contributed by atoms with Crippen LogP contribution in [0, 0.1) is 0 Å². The molecule has 8 nitrogen and oxygen atoms in total. The number of hydrogen-bond acceptors (Lipinski definition) is 7. The summed E-state index contributed by atoms with van der Waals surface area (Å²) in [6.45, 7) is 1.09. The third-order valence-electron chi connectivity index (χ3n) is 4.94. The van der Waals surface area contributed by atoms with Gasteiger partial charge in [-0.2, -0.15) is 0 Å². The highest BCUT2D eigenvalue weighted by Crippen LogP contribution is 2.38. The summed E-state index contributed by atoms with van der Waals surface area (Å²) in [5, 5.41) is 5.14. The Labute approximate surface area is 172 Å². The highest BCUT2D eigenvalue weighted by molar-refractivity contribution is 7.13. The van der Waals surface area contributed by atoms with Gasteiger partial charge >= 0.3 is 0 Å². The molecule has 2 aliphatic rings. The van der Waals surface area contributed by atoms with Crippen molar-refractivity contribution in [2.45, 2.75) is 31.7 Å². The molecule has 3 heterocycles. The van der Waals surface area contributed by atoms with Crippen LogP contribution in [0.5, 0.6) is 11.5 Å². The second kappa shape index (κ2) is 8.60. The van der Waals surface area contributed by atoms with Crippen molar-refractivity contribution in [2.24, 2.45) is 4.99 Å². The summed E-state index contributed by atoms with van der Waals surface area (Å²) in [5.41, 5.74) is 1.11. The van der Waals surface area contributed by atoms with Crippen molar-refractivity contribution in [3.05, 3.63) is 29.3 Å². The Bertz CT molecular complexity index is 929. The lowest BCUT2D eigenvalue weighted by molar-refractivity contribution is -0.116. The molecule has 0 radical (unpaired) electrons. The number of aliphatic imine (C=N–C) groups is 1. The number of aromatic nitrogens is 1. The zero-order valence-electron chi connectivity index (χ0n) is 16.1. The largest absolute Gasteiger partial charge is 0.493 e. The van der Waals surface area contributed by atoms with Gasteiger partial charge in [-0.25, -0.2) is 4.98 Å². The lowest BCUT2D eigenvalue weighted by atomic mass is 10.1. The molecule has 2 aliphatic heterocycles. The van der Waals surface area contributed by atoms with Gasteiger partial charge in [-0.3, -0.25) is 14.6 Å². The van der Waals surface area contributed by atoms with Gasteiger partial charge < -0.3 is 19.7 Å². The van der Waals surface area contributed by atoms with E-state index in [1.54, 1.807) is 30.8 Å². The van der Waals surface area contributed by atoms with Crippen LogP contribution in [0.1, 0.15) is 36.0 Å². The summed E-state index contributed by atoms with van der Waals surface area (Å²) < 4.78 is 11.3. The third-order valence-corrected chi connectivity index (χ3v) is 5.63. The van der Waals surface area contributed by atoms with Crippen molar-refractivity contribution in [3.63, 3.8) is 0 Å². The maximum Gasteiger partial charge on any atom is 0.256 e. The molecular formula is C20H22N4O4S. The zero-order chi connectivity index (χ0) is 20.2. The smallest absolute Gasteiger partial charge is 0.256 e. The van der Waals surface area contributed by atoms with Crippen LogP contribution in [0.15, 0.2) is 28.7 Å². The Morgan fingerprint density at radius 2 is 2.28 bits per heavy atom. The first-order valence-corrected chi connectivity index (χ1v) is 10.4. The van der Waals surface area contributed by atoms with Crippen molar-refractivity contribution >= 4 is 40.2 Å². The third kappa shape index (κ3) is 4.24. The van der Waals surface area contributed by atoms with Crippen LogP contribution in [0.3, 0.4) is 0 Å². The molecule has 0 aliphatic carbocycles. The monoisotopic (exact) mass is 414 g/mol. The molecule has 1 aromatic heterocycles. The van der Waals surface area contributed by atoms with Crippen molar-refractivity contribution in [1.82, 2.24) is 9.88 Å². The number of amides is 2. The van der Waals surface area contributed by atoms with Gasteiger partial charge in [0.1, 0.15) is 0 Å². The van der Waals surface area contributed by atoms with E-state index in [9.17, 15) is 9.59 Å².